The fourth-order valence-electron chi connectivity index (χ4n) is 2.30. The summed E-state index contributed by atoms with van der Waals surface area (Å²) in [6, 6.07) is 4.62. The molecule has 3 amide bonds. The number of methoxy groups -OCH3 is 2. The summed E-state index contributed by atoms with van der Waals surface area (Å²) in [6.07, 6.45) is 2.06. The van der Waals surface area contributed by atoms with Crippen molar-refractivity contribution in [3.63, 3.8) is 0 Å². The second-order valence-electron chi connectivity index (χ2n) is 4.96. The summed E-state index contributed by atoms with van der Waals surface area (Å²) in [5.74, 6) is 1.06. The maximum absolute atomic E-state index is 11.9. The Kier molecular flexibility index (Phi) is 5.46. The highest BCUT2D eigenvalue weighted by molar-refractivity contribution is 5.93. The Morgan fingerprint density at radius 1 is 1.18 bits per heavy atom. The Bertz CT molecular complexity index is 542. The molecule has 7 nitrogen and oxygen atoms in total. The van der Waals surface area contributed by atoms with Gasteiger partial charge in [0.1, 0.15) is 11.5 Å². The third kappa shape index (κ3) is 4.03. The van der Waals surface area contributed by atoms with Gasteiger partial charge in [-0.3, -0.25) is 4.79 Å². The lowest BCUT2D eigenvalue weighted by molar-refractivity contribution is -0.128. The van der Waals surface area contributed by atoms with Gasteiger partial charge < -0.3 is 25.0 Å². The van der Waals surface area contributed by atoms with E-state index in [1.54, 1.807) is 30.2 Å². The second kappa shape index (κ2) is 7.53. The van der Waals surface area contributed by atoms with Crippen LogP contribution in [-0.2, 0) is 4.79 Å². The van der Waals surface area contributed by atoms with Crippen LogP contribution in [0.3, 0.4) is 0 Å². The summed E-state index contributed by atoms with van der Waals surface area (Å²) in [5, 5.41) is 5.22. The van der Waals surface area contributed by atoms with Gasteiger partial charge in [-0.25, -0.2) is 4.79 Å². The zero-order chi connectivity index (χ0) is 15.9. The van der Waals surface area contributed by atoms with E-state index in [9.17, 15) is 9.59 Å². The number of benzene rings is 1. The normalized spacial score (nSPS) is 13.6. The van der Waals surface area contributed by atoms with Gasteiger partial charge in [0, 0.05) is 19.2 Å². The lowest BCUT2D eigenvalue weighted by Gasteiger charge is -2.16. The Morgan fingerprint density at radius 2 is 1.91 bits per heavy atom. The first-order valence-corrected chi connectivity index (χ1v) is 7.18. The number of urea groups is 1. The van der Waals surface area contributed by atoms with Crippen LogP contribution >= 0.6 is 0 Å². The van der Waals surface area contributed by atoms with Crippen LogP contribution < -0.4 is 20.1 Å². The molecule has 0 atom stereocenters. The molecule has 1 saturated heterocycles. The predicted molar refractivity (Wildman–Crippen MR) is 82.4 cm³/mol. The fraction of sp³-hybridized carbons (Fsp3) is 0.467. The fourth-order valence-corrected chi connectivity index (χ4v) is 2.30. The molecule has 0 bridgehead atoms. The van der Waals surface area contributed by atoms with Crippen molar-refractivity contribution in [1.29, 1.82) is 0 Å². The Balaban J connectivity index is 1.87. The van der Waals surface area contributed by atoms with Gasteiger partial charge in [0.2, 0.25) is 5.91 Å². The smallest absolute Gasteiger partial charge is 0.319 e. The van der Waals surface area contributed by atoms with Crippen LogP contribution in [0.25, 0.3) is 0 Å². The largest absolute Gasteiger partial charge is 0.497 e. The molecular formula is C15H21N3O4. The minimum atomic E-state index is -0.448. The molecule has 0 spiro atoms. The number of anilines is 1. The number of carbonyl (C=O) groups is 2. The average molecular weight is 307 g/mol. The monoisotopic (exact) mass is 307 g/mol. The number of hydrogen-bond donors (Lipinski definition) is 2. The topological polar surface area (TPSA) is 79.9 Å². The molecule has 1 aliphatic rings. The quantitative estimate of drug-likeness (QED) is 0.863. The number of carbonyl (C=O) groups excluding carboxylic acids is 2. The van der Waals surface area contributed by atoms with Crippen LogP contribution in [0.1, 0.15) is 12.8 Å². The van der Waals surface area contributed by atoms with E-state index in [1.807, 2.05) is 0 Å². The van der Waals surface area contributed by atoms with Crippen molar-refractivity contribution in [2.24, 2.45) is 0 Å². The van der Waals surface area contributed by atoms with E-state index in [-0.39, 0.29) is 12.5 Å². The van der Waals surface area contributed by atoms with E-state index in [2.05, 4.69) is 10.6 Å². The first kappa shape index (κ1) is 15.9. The van der Waals surface area contributed by atoms with Crippen LogP contribution in [-0.4, -0.2) is 50.7 Å². The van der Waals surface area contributed by atoms with Crippen LogP contribution in [0.4, 0.5) is 10.5 Å². The maximum Gasteiger partial charge on any atom is 0.319 e. The van der Waals surface area contributed by atoms with Crippen molar-refractivity contribution in [3.8, 4) is 11.5 Å². The van der Waals surface area contributed by atoms with Gasteiger partial charge in [-0.1, -0.05) is 0 Å². The van der Waals surface area contributed by atoms with Gasteiger partial charge in [-0.05, 0) is 25.0 Å². The van der Waals surface area contributed by atoms with Crippen molar-refractivity contribution in [2.75, 3.05) is 39.2 Å². The molecule has 22 heavy (non-hydrogen) atoms. The third-order valence-corrected chi connectivity index (χ3v) is 3.52. The molecule has 2 rings (SSSR count). The molecule has 1 aromatic rings. The summed E-state index contributed by atoms with van der Waals surface area (Å²) in [5.41, 5.74) is 0.509. The van der Waals surface area contributed by atoms with Crippen LogP contribution in [0.2, 0.25) is 0 Å². The van der Waals surface area contributed by atoms with E-state index >= 15 is 0 Å². The molecule has 0 radical (unpaired) electrons. The van der Waals surface area contributed by atoms with Crippen LogP contribution in [0.15, 0.2) is 18.2 Å². The van der Waals surface area contributed by atoms with Crippen LogP contribution in [0.5, 0.6) is 11.5 Å². The second-order valence-corrected chi connectivity index (χ2v) is 4.96. The highest BCUT2D eigenvalue weighted by Gasteiger charge is 2.18. The van der Waals surface area contributed by atoms with E-state index < -0.39 is 6.03 Å². The molecule has 0 aliphatic carbocycles. The van der Waals surface area contributed by atoms with Crippen molar-refractivity contribution < 1.29 is 19.1 Å². The summed E-state index contributed by atoms with van der Waals surface area (Å²) in [4.78, 5) is 25.5. The minimum Gasteiger partial charge on any atom is -0.497 e. The third-order valence-electron chi connectivity index (χ3n) is 3.52. The van der Waals surface area contributed by atoms with E-state index in [0.29, 0.717) is 17.2 Å². The molecule has 0 aromatic heterocycles. The first-order chi connectivity index (χ1) is 10.6. The van der Waals surface area contributed by atoms with Crippen molar-refractivity contribution in [2.45, 2.75) is 12.8 Å². The molecule has 1 aliphatic heterocycles. The van der Waals surface area contributed by atoms with Gasteiger partial charge >= 0.3 is 6.03 Å². The summed E-state index contributed by atoms with van der Waals surface area (Å²) in [7, 11) is 3.06. The lowest BCUT2D eigenvalue weighted by atomic mass is 10.2. The number of nitrogens with zero attached hydrogens (tertiary/aromatic N) is 1. The molecule has 1 aromatic carbocycles. The van der Waals surface area contributed by atoms with Crippen molar-refractivity contribution in [3.05, 3.63) is 18.2 Å². The average Bonchev–Trinajstić information content (AvgIpc) is 3.07. The van der Waals surface area contributed by atoms with Crippen molar-refractivity contribution >= 4 is 17.6 Å². The predicted octanol–water partition coefficient (Wildman–Crippen LogP) is 1.45. The molecule has 7 heteroatoms. The van der Waals surface area contributed by atoms with E-state index in [1.165, 1.54) is 7.11 Å². The number of rotatable bonds is 5. The molecule has 1 heterocycles. The van der Waals surface area contributed by atoms with Crippen LogP contribution in [0, 0.1) is 0 Å². The summed E-state index contributed by atoms with van der Waals surface area (Å²) < 4.78 is 10.3. The molecule has 0 unspecified atom stereocenters. The SMILES string of the molecule is COc1ccc(NC(=O)NCC(=O)N2CCCC2)c(OC)c1. The summed E-state index contributed by atoms with van der Waals surface area (Å²) in [6.45, 7) is 1.53. The summed E-state index contributed by atoms with van der Waals surface area (Å²) >= 11 is 0. The minimum absolute atomic E-state index is 0.00962. The molecule has 2 N–H and O–H groups in total. The molecule has 0 saturated carbocycles. The highest BCUT2D eigenvalue weighted by Crippen LogP contribution is 2.28. The Morgan fingerprint density at radius 3 is 2.55 bits per heavy atom. The van der Waals surface area contributed by atoms with E-state index in [0.717, 1.165) is 25.9 Å². The molecular weight excluding hydrogens is 286 g/mol. The zero-order valence-electron chi connectivity index (χ0n) is 12.8. The molecule has 1 fully saturated rings. The number of likely N-dealkylation sites (tertiary alicyclic amines) is 1. The van der Waals surface area contributed by atoms with Gasteiger partial charge in [-0.15, -0.1) is 0 Å². The van der Waals surface area contributed by atoms with Gasteiger partial charge in [0.15, 0.2) is 0 Å². The standard InChI is InChI=1S/C15H21N3O4/c1-21-11-5-6-12(13(9-11)22-2)17-15(20)16-10-14(19)18-7-3-4-8-18/h5-6,9H,3-4,7-8,10H2,1-2H3,(H2,16,17,20). The lowest BCUT2D eigenvalue weighted by Crippen LogP contribution is -2.40. The maximum atomic E-state index is 11.9. The number of amides is 3. The number of hydrogen-bond acceptors (Lipinski definition) is 4. The zero-order valence-corrected chi connectivity index (χ0v) is 12.8. The van der Waals surface area contributed by atoms with Crippen molar-refractivity contribution in [1.82, 2.24) is 10.2 Å². The van der Waals surface area contributed by atoms with Gasteiger partial charge in [-0.2, -0.15) is 0 Å². The number of ether oxygens (including phenoxy) is 2. The van der Waals surface area contributed by atoms with E-state index in [4.69, 9.17) is 9.47 Å². The Labute approximate surface area is 129 Å². The Hall–Kier alpha value is -2.44. The number of nitrogens with one attached hydrogen (secondary N) is 2. The highest BCUT2D eigenvalue weighted by atomic mass is 16.5. The molecule has 120 valence electrons. The first-order valence-electron chi connectivity index (χ1n) is 7.18. The van der Waals surface area contributed by atoms with Gasteiger partial charge in [0.05, 0.1) is 26.5 Å². The van der Waals surface area contributed by atoms with Gasteiger partial charge in [0.25, 0.3) is 0 Å².